The number of hydrogen-bond acceptors (Lipinski definition) is 5. The van der Waals surface area contributed by atoms with Crippen molar-refractivity contribution >= 4 is 11.9 Å². The zero-order valence-corrected chi connectivity index (χ0v) is 24.5. The lowest BCUT2D eigenvalue weighted by molar-refractivity contribution is -0.320. The van der Waals surface area contributed by atoms with E-state index in [0.29, 0.717) is 30.1 Å². The normalized spacial score (nSPS) is 57.8. The number of aliphatic hydroxyl groups excluding tert-OH is 1. The third-order valence-electron chi connectivity index (χ3n) is 14.6. The predicted molar refractivity (Wildman–Crippen MR) is 141 cm³/mol. The van der Waals surface area contributed by atoms with E-state index in [9.17, 15) is 14.7 Å². The van der Waals surface area contributed by atoms with Gasteiger partial charge in [0.1, 0.15) is 11.7 Å². The highest BCUT2D eigenvalue weighted by Crippen LogP contribution is 2.80. The molecule has 0 amide bonds. The van der Waals surface area contributed by atoms with Gasteiger partial charge in [0.25, 0.3) is 0 Å². The third-order valence-corrected chi connectivity index (χ3v) is 14.6. The van der Waals surface area contributed by atoms with Crippen LogP contribution in [0.15, 0.2) is 0 Å². The number of ether oxygens (including phenoxy) is 2. The average Bonchev–Trinajstić information content (AvgIpc) is 3.03. The fourth-order valence-electron chi connectivity index (χ4n) is 12.5. The molecule has 5 heteroatoms. The summed E-state index contributed by atoms with van der Waals surface area (Å²) in [6, 6.07) is 0. The minimum atomic E-state index is -0.782. The molecule has 5 saturated carbocycles. The van der Waals surface area contributed by atoms with Crippen LogP contribution < -0.4 is 0 Å². The van der Waals surface area contributed by atoms with Crippen molar-refractivity contribution < 1.29 is 24.2 Å². The maximum atomic E-state index is 13.8. The highest BCUT2D eigenvalue weighted by Gasteiger charge is 2.83. The molecule has 2 bridgehead atoms. The Bertz CT molecular complexity index is 1020. The van der Waals surface area contributed by atoms with E-state index < -0.39 is 17.1 Å². The minimum absolute atomic E-state index is 0.0102. The van der Waals surface area contributed by atoms with E-state index in [-0.39, 0.29) is 45.6 Å². The molecule has 1 N–H and O–H groups in total. The Morgan fingerprint density at radius 3 is 2.32 bits per heavy atom. The number of carbonyl (C=O) groups excluding carboxylic acids is 2. The molecule has 0 radical (unpaired) electrons. The van der Waals surface area contributed by atoms with Gasteiger partial charge in [-0.25, -0.2) is 0 Å². The molecule has 0 aromatic rings. The summed E-state index contributed by atoms with van der Waals surface area (Å²) in [6.07, 6.45) is 7.91. The Hall–Kier alpha value is -1.10. The SMILES string of the molecule is CC(=O)O[C@H]1CC[C@]2(C)[C@H]3C[C@@H](O)[C@]45OC(=O)[C@@]6(CC[C@@H](C)[C@H](C)[C@H]64)CC[C@@]5(C)[C@]3(C)CC[C@H]2C1(C)C. The van der Waals surface area contributed by atoms with Gasteiger partial charge in [-0.1, -0.05) is 48.5 Å². The molecule has 0 aromatic heterocycles. The molecular formula is C32H50O5. The van der Waals surface area contributed by atoms with Crippen molar-refractivity contribution in [2.75, 3.05) is 0 Å². The van der Waals surface area contributed by atoms with Gasteiger partial charge >= 0.3 is 11.9 Å². The monoisotopic (exact) mass is 514 g/mol. The van der Waals surface area contributed by atoms with Crippen LogP contribution >= 0.6 is 0 Å². The molecule has 37 heavy (non-hydrogen) atoms. The van der Waals surface area contributed by atoms with Crippen LogP contribution in [-0.2, 0) is 19.1 Å². The molecule has 6 aliphatic rings. The van der Waals surface area contributed by atoms with Gasteiger partial charge < -0.3 is 14.6 Å². The second-order valence-corrected chi connectivity index (χ2v) is 15.8. The van der Waals surface area contributed by atoms with Crippen LogP contribution in [-0.4, -0.2) is 34.9 Å². The van der Waals surface area contributed by atoms with Crippen molar-refractivity contribution in [2.45, 2.75) is 131 Å². The van der Waals surface area contributed by atoms with Gasteiger partial charge in [0, 0.05) is 23.7 Å². The second kappa shape index (κ2) is 7.55. The van der Waals surface area contributed by atoms with Crippen LogP contribution in [0.2, 0.25) is 0 Å². The van der Waals surface area contributed by atoms with E-state index in [1.54, 1.807) is 0 Å². The van der Waals surface area contributed by atoms with Crippen LogP contribution in [0.4, 0.5) is 0 Å². The van der Waals surface area contributed by atoms with Gasteiger partial charge in [-0.3, -0.25) is 9.59 Å². The predicted octanol–water partition coefficient (Wildman–Crippen LogP) is 6.31. The fourth-order valence-corrected chi connectivity index (χ4v) is 12.5. The van der Waals surface area contributed by atoms with Crippen LogP contribution in [0.3, 0.4) is 0 Å². The molecule has 0 unspecified atom stereocenters. The number of esters is 2. The van der Waals surface area contributed by atoms with Gasteiger partial charge in [-0.2, -0.15) is 0 Å². The first kappa shape index (κ1) is 26.1. The second-order valence-electron chi connectivity index (χ2n) is 15.8. The summed E-state index contributed by atoms with van der Waals surface area (Å²) in [7, 11) is 0. The fraction of sp³-hybridized carbons (Fsp3) is 0.938. The number of hydrogen-bond donors (Lipinski definition) is 1. The average molecular weight is 515 g/mol. The van der Waals surface area contributed by atoms with Crippen molar-refractivity contribution in [1.82, 2.24) is 0 Å². The molecule has 0 aromatic carbocycles. The topological polar surface area (TPSA) is 72.8 Å². The quantitative estimate of drug-likeness (QED) is 0.415. The molecular weight excluding hydrogens is 464 g/mol. The lowest BCUT2D eigenvalue weighted by Crippen LogP contribution is -2.76. The Morgan fingerprint density at radius 2 is 1.65 bits per heavy atom. The van der Waals surface area contributed by atoms with Crippen molar-refractivity contribution in [1.29, 1.82) is 0 Å². The van der Waals surface area contributed by atoms with E-state index in [4.69, 9.17) is 9.47 Å². The summed E-state index contributed by atoms with van der Waals surface area (Å²) in [4.78, 5) is 25.7. The van der Waals surface area contributed by atoms with Crippen molar-refractivity contribution in [3.8, 4) is 0 Å². The molecule has 1 aliphatic heterocycles. The highest BCUT2D eigenvalue weighted by molar-refractivity contribution is 5.82. The molecule has 6 fully saturated rings. The molecule has 5 aliphatic carbocycles. The zero-order chi connectivity index (χ0) is 27.0. The molecule has 5 nitrogen and oxygen atoms in total. The molecule has 12 atom stereocenters. The van der Waals surface area contributed by atoms with E-state index in [1.165, 1.54) is 6.92 Å². The van der Waals surface area contributed by atoms with Gasteiger partial charge in [-0.15, -0.1) is 0 Å². The minimum Gasteiger partial charge on any atom is -0.462 e. The first-order chi connectivity index (χ1) is 17.1. The first-order valence-corrected chi connectivity index (χ1v) is 15.2. The highest BCUT2D eigenvalue weighted by atomic mass is 16.6. The summed E-state index contributed by atoms with van der Waals surface area (Å²) in [5.74, 6) is 1.56. The van der Waals surface area contributed by atoms with Crippen molar-refractivity contribution in [2.24, 2.45) is 56.7 Å². The van der Waals surface area contributed by atoms with Gasteiger partial charge in [-0.05, 0) is 92.3 Å². The van der Waals surface area contributed by atoms with Crippen molar-refractivity contribution in [3.63, 3.8) is 0 Å². The van der Waals surface area contributed by atoms with Crippen LogP contribution in [0.5, 0.6) is 0 Å². The van der Waals surface area contributed by atoms with Gasteiger partial charge in [0.15, 0.2) is 0 Å². The maximum Gasteiger partial charge on any atom is 0.313 e. The van der Waals surface area contributed by atoms with E-state index in [0.717, 1.165) is 51.4 Å². The van der Waals surface area contributed by atoms with Crippen LogP contribution in [0.1, 0.15) is 113 Å². The summed E-state index contributed by atoms with van der Waals surface area (Å²) < 4.78 is 12.6. The van der Waals surface area contributed by atoms with E-state index in [2.05, 4.69) is 48.5 Å². The Labute approximate surface area is 223 Å². The summed E-state index contributed by atoms with van der Waals surface area (Å²) >= 11 is 0. The van der Waals surface area contributed by atoms with Crippen molar-refractivity contribution in [3.05, 3.63) is 0 Å². The van der Waals surface area contributed by atoms with E-state index in [1.807, 2.05) is 0 Å². The Morgan fingerprint density at radius 1 is 0.946 bits per heavy atom. The lowest BCUT2D eigenvalue weighted by Gasteiger charge is -2.75. The zero-order valence-electron chi connectivity index (χ0n) is 24.5. The molecule has 1 saturated heterocycles. The molecule has 1 heterocycles. The maximum absolute atomic E-state index is 13.8. The lowest BCUT2D eigenvalue weighted by atomic mass is 9.30. The first-order valence-electron chi connectivity index (χ1n) is 15.2. The number of fused-ring (bicyclic) bond motifs is 4. The largest absolute Gasteiger partial charge is 0.462 e. The molecule has 1 spiro atoms. The van der Waals surface area contributed by atoms with Crippen LogP contribution in [0.25, 0.3) is 0 Å². The Balaban J connectivity index is 1.45. The molecule has 208 valence electrons. The van der Waals surface area contributed by atoms with Gasteiger partial charge in [0.2, 0.25) is 0 Å². The summed E-state index contributed by atoms with van der Waals surface area (Å²) in [5.41, 5.74) is -1.55. The van der Waals surface area contributed by atoms with Gasteiger partial charge in [0.05, 0.1) is 11.5 Å². The number of aliphatic hydroxyl groups is 1. The third kappa shape index (κ3) is 2.76. The Kier molecular flexibility index (Phi) is 5.33. The smallest absolute Gasteiger partial charge is 0.313 e. The van der Waals surface area contributed by atoms with Crippen LogP contribution in [0, 0.1) is 56.7 Å². The molecule has 6 rings (SSSR count). The summed E-state index contributed by atoms with van der Waals surface area (Å²) in [5, 5.41) is 12.3. The standard InChI is InChI=1S/C32H50O5/c1-18-9-14-31-16-15-30(8)29(7)13-10-21-27(4,5)24(36-20(3)33)11-12-28(21,6)22(29)17-23(34)32(30,37-26(31)35)25(31)19(18)2/h18-19,21-25,34H,9-17H2,1-8H3/t18-,19+,21+,22-,23-,24+,25-,28+,29-,30+,31+,32+/m1/s1. The van der Waals surface area contributed by atoms with E-state index >= 15 is 0 Å². The number of carbonyl (C=O) groups is 2. The summed E-state index contributed by atoms with van der Waals surface area (Å²) in [6.45, 7) is 18.2. The number of rotatable bonds is 1.